The van der Waals surface area contributed by atoms with Crippen LogP contribution in [0.15, 0.2) is 22.7 Å². The number of nitrogens with zero attached hydrogens (tertiary/aromatic N) is 2. The van der Waals surface area contributed by atoms with E-state index in [4.69, 9.17) is 17.3 Å². The second-order valence-corrected chi connectivity index (χ2v) is 5.25. The Bertz CT molecular complexity index is 578. The third-order valence-corrected chi connectivity index (χ3v) is 4.14. The summed E-state index contributed by atoms with van der Waals surface area (Å²) >= 11 is 9.49. The van der Waals surface area contributed by atoms with Crippen molar-refractivity contribution in [1.82, 2.24) is 9.55 Å². The molecule has 5 heteroatoms. The first-order valence-corrected chi connectivity index (χ1v) is 7.05. The van der Waals surface area contributed by atoms with E-state index in [9.17, 15) is 0 Å². The number of anilines is 1. The van der Waals surface area contributed by atoms with Gasteiger partial charge < -0.3 is 10.3 Å². The molecule has 0 amide bonds. The van der Waals surface area contributed by atoms with Gasteiger partial charge in [0.15, 0.2) is 0 Å². The van der Waals surface area contributed by atoms with Crippen LogP contribution in [0.3, 0.4) is 0 Å². The number of benzene rings is 1. The summed E-state index contributed by atoms with van der Waals surface area (Å²) in [6.07, 6.45) is 0.863. The number of aromatic nitrogens is 2. The standard InChI is InChI=1S/C13H15BrClN3/c1-3-11-17-12(13(16)18(11)4-2)8-5-6-9(14)10(15)7-8/h5-7H,3-4,16H2,1-2H3. The Hall–Kier alpha value is -1.00. The average Bonchev–Trinajstić information content (AvgIpc) is 2.69. The van der Waals surface area contributed by atoms with Crippen LogP contribution in [0.1, 0.15) is 19.7 Å². The van der Waals surface area contributed by atoms with Gasteiger partial charge in [-0.15, -0.1) is 0 Å². The highest BCUT2D eigenvalue weighted by atomic mass is 79.9. The van der Waals surface area contributed by atoms with Crippen molar-refractivity contribution in [2.45, 2.75) is 26.8 Å². The van der Waals surface area contributed by atoms with E-state index in [-0.39, 0.29) is 0 Å². The summed E-state index contributed by atoms with van der Waals surface area (Å²) in [7, 11) is 0. The number of hydrogen-bond acceptors (Lipinski definition) is 2. The molecule has 0 saturated carbocycles. The molecule has 2 N–H and O–H groups in total. The molecule has 0 unspecified atom stereocenters. The first kappa shape index (κ1) is 13.4. The summed E-state index contributed by atoms with van der Waals surface area (Å²) in [6.45, 7) is 4.97. The normalized spacial score (nSPS) is 10.9. The zero-order valence-corrected chi connectivity index (χ0v) is 12.7. The van der Waals surface area contributed by atoms with Gasteiger partial charge in [-0.2, -0.15) is 0 Å². The molecule has 0 aliphatic rings. The van der Waals surface area contributed by atoms with E-state index in [1.165, 1.54) is 0 Å². The maximum absolute atomic E-state index is 6.16. The number of halogens is 2. The molecule has 2 aromatic rings. The van der Waals surface area contributed by atoms with Gasteiger partial charge in [-0.3, -0.25) is 0 Å². The van der Waals surface area contributed by atoms with E-state index in [1.54, 1.807) is 0 Å². The fourth-order valence-electron chi connectivity index (χ4n) is 1.99. The number of aryl methyl sites for hydroxylation is 1. The molecule has 0 aliphatic heterocycles. The van der Waals surface area contributed by atoms with Crippen LogP contribution in [0.5, 0.6) is 0 Å². The third kappa shape index (κ3) is 2.27. The van der Waals surface area contributed by atoms with E-state index < -0.39 is 0 Å². The van der Waals surface area contributed by atoms with E-state index in [2.05, 4.69) is 34.8 Å². The predicted octanol–water partition coefficient (Wildman–Crippen LogP) is 4.13. The van der Waals surface area contributed by atoms with E-state index in [1.807, 2.05) is 22.8 Å². The van der Waals surface area contributed by atoms with E-state index in [0.29, 0.717) is 10.8 Å². The first-order valence-electron chi connectivity index (χ1n) is 5.88. The van der Waals surface area contributed by atoms with Crippen LogP contribution >= 0.6 is 27.5 Å². The Morgan fingerprint density at radius 2 is 2.11 bits per heavy atom. The van der Waals surface area contributed by atoms with Crippen molar-refractivity contribution in [3.8, 4) is 11.3 Å². The lowest BCUT2D eigenvalue weighted by Gasteiger charge is -2.05. The molecule has 0 bridgehead atoms. The first-order chi connectivity index (χ1) is 8.58. The Morgan fingerprint density at radius 3 is 2.61 bits per heavy atom. The highest BCUT2D eigenvalue weighted by molar-refractivity contribution is 9.10. The molecule has 1 heterocycles. The molecule has 0 fully saturated rings. The highest BCUT2D eigenvalue weighted by Gasteiger charge is 2.14. The molecular weight excluding hydrogens is 314 g/mol. The van der Waals surface area contributed by atoms with Gasteiger partial charge in [0, 0.05) is 23.0 Å². The monoisotopic (exact) mass is 327 g/mol. The fraction of sp³-hybridized carbons (Fsp3) is 0.308. The van der Waals surface area contributed by atoms with E-state index >= 15 is 0 Å². The van der Waals surface area contributed by atoms with E-state index in [0.717, 1.165) is 34.5 Å². The van der Waals surface area contributed by atoms with Crippen LogP contribution in [0.2, 0.25) is 5.02 Å². The van der Waals surface area contributed by atoms with Gasteiger partial charge in [-0.25, -0.2) is 4.98 Å². The van der Waals surface area contributed by atoms with Crippen molar-refractivity contribution in [3.05, 3.63) is 33.5 Å². The van der Waals surface area contributed by atoms with Crippen LogP contribution in [0.4, 0.5) is 5.82 Å². The van der Waals surface area contributed by atoms with Gasteiger partial charge in [0.2, 0.25) is 0 Å². The summed E-state index contributed by atoms with van der Waals surface area (Å²) in [5.41, 5.74) is 7.91. The van der Waals surface area contributed by atoms with Crippen molar-refractivity contribution in [1.29, 1.82) is 0 Å². The molecule has 0 saturated heterocycles. The fourth-order valence-corrected chi connectivity index (χ4v) is 2.42. The summed E-state index contributed by atoms with van der Waals surface area (Å²) in [4.78, 5) is 4.60. The molecule has 0 spiro atoms. The Labute approximate surface area is 120 Å². The third-order valence-electron chi connectivity index (χ3n) is 2.91. The molecule has 1 aromatic heterocycles. The lowest BCUT2D eigenvalue weighted by molar-refractivity contribution is 0.713. The summed E-state index contributed by atoms with van der Waals surface area (Å²) in [6, 6.07) is 5.76. The van der Waals surface area contributed by atoms with Crippen LogP contribution in [-0.2, 0) is 13.0 Å². The summed E-state index contributed by atoms with van der Waals surface area (Å²) < 4.78 is 2.91. The number of nitrogens with two attached hydrogens (primary N) is 1. The van der Waals surface area contributed by atoms with Crippen molar-refractivity contribution < 1.29 is 0 Å². The molecule has 0 aliphatic carbocycles. The number of hydrogen-bond donors (Lipinski definition) is 1. The van der Waals surface area contributed by atoms with Crippen molar-refractivity contribution in [2.75, 3.05) is 5.73 Å². The largest absolute Gasteiger partial charge is 0.383 e. The highest BCUT2D eigenvalue weighted by Crippen LogP contribution is 2.31. The van der Waals surface area contributed by atoms with Gasteiger partial charge in [-0.05, 0) is 35.0 Å². The molecule has 18 heavy (non-hydrogen) atoms. The number of nitrogen functional groups attached to an aromatic ring is 1. The maximum atomic E-state index is 6.16. The number of rotatable bonds is 3. The van der Waals surface area contributed by atoms with Gasteiger partial charge in [0.05, 0.1) is 5.02 Å². The van der Waals surface area contributed by atoms with Crippen molar-refractivity contribution in [3.63, 3.8) is 0 Å². The van der Waals surface area contributed by atoms with Gasteiger partial charge in [0.25, 0.3) is 0 Å². The smallest absolute Gasteiger partial charge is 0.131 e. The minimum atomic E-state index is 0.663. The lowest BCUT2D eigenvalue weighted by Crippen LogP contribution is -2.04. The number of imidazole rings is 1. The molecule has 0 radical (unpaired) electrons. The van der Waals surface area contributed by atoms with Gasteiger partial charge in [0.1, 0.15) is 17.3 Å². The topological polar surface area (TPSA) is 43.8 Å². The second-order valence-electron chi connectivity index (χ2n) is 3.99. The Morgan fingerprint density at radius 1 is 1.39 bits per heavy atom. The second kappa shape index (κ2) is 5.33. The molecule has 2 rings (SSSR count). The average molecular weight is 329 g/mol. The minimum Gasteiger partial charge on any atom is -0.383 e. The zero-order valence-electron chi connectivity index (χ0n) is 10.4. The van der Waals surface area contributed by atoms with Gasteiger partial charge in [-0.1, -0.05) is 24.6 Å². The van der Waals surface area contributed by atoms with Crippen molar-refractivity contribution in [2.24, 2.45) is 0 Å². The molecular formula is C13H15BrClN3. The molecule has 3 nitrogen and oxygen atoms in total. The zero-order chi connectivity index (χ0) is 13.3. The summed E-state index contributed by atoms with van der Waals surface area (Å²) in [5, 5.41) is 0.663. The quantitative estimate of drug-likeness (QED) is 0.920. The molecule has 1 aromatic carbocycles. The summed E-state index contributed by atoms with van der Waals surface area (Å²) in [5.74, 6) is 1.71. The van der Waals surface area contributed by atoms with Crippen LogP contribution < -0.4 is 5.73 Å². The minimum absolute atomic E-state index is 0.663. The van der Waals surface area contributed by atoms with Crippen LogP contribution in [0, 0.1) is 0 Å². The van der Waals surface area contributed by atoms with Crippen molar-refractivity contribution >= 4 is 33.3 Å². The van der Waals surface area contributed by atoms with Gasteiger partial charge >= 0.3 is 0 Å². The molecule has 0 atom stereocenters. The Balaban J connectivity index is 2.56. The maximum Gasteiger partial charge on any atom is 0.131 e. The Kier molecular flexibility index (Phi) is 3.97. The predicted molar refractivity (Wildman–Crippen MR) is 79.8 cm³/mol. The van der Waals surface area contributed by atoms with Crippen LogP contribution in [-0.4, -0.2) is 9.55 Å². The van der Waals surface area contributed by atoms with Crippen LogP contribution in [0.25, 0.3) is 11.3 Å². The molecule has 96 valence electrons. The SMILES string of the molecule is CCc1nc(-c2ccc(Br)c(Cl)c2)c(N)n1CC. The lowest BCUT2D eigenvalue weighted by atomic mass is 10.1.